The molecule has 1 atom stereocenters. The number of terminal acetylenes is 1. The average Bonchev–Trinajstić information content (AvgIpc) is 3.02. The van der Waals surface area contributed by atoms with Crippen LogP contribution in [0.15, 0.2) is 41.7 Å². The minimum atomic E-state index is -3.20. The van der Waals surface area contributed by atoms with Crippen molar-refractivity contribution in [2.75, 3.05) is 6.61 Å². The van der Waals surface area contributed by atoms with Gasteiger partial charge in [-0.25, -0.2) is 9.67 Å². The molecule has 5 nitrogen and oxygen atoms in total. The second-order valence-electron chi connectivity index (χ2n) is 5.38. The molecule has 0 saturated heterocycles. The molecular weight excluding hydrogens is 302 g/mol. The smallest absolute Gasteiger partial charge is 0.310 e. The second kappa shape index (κ2) is 5.09. The van der Waals surface area contributed by atoms with Crippen molar-refractivity contribution in [2.24, 2.45) is 10.7 Å². The van der Waals surface area contributed by atoms with E-state index in [2.05, 4.69) is 20.7 Å². The average molecular weight is 316 g/mol. The van der Waals surface area contributed by atoms with Gasteiger partial charge >= 0.3 is 5.92 Å². The lowest BCUT2D eigenvalue weighted by molar-refractivity contribution is -0.116. The number of aliphatic imine (C=N–C) groups is 1. The van der Waals surface area contributed by atoms with Gasteiger partial charge in [-0.15, -0.1) is 6.42 Å². The Bertz CT molecular complexity index is 821. The van der Waals surface area contributed by atoms with Crippen molar-refractivity contribution in [3.05, 3.63) is 47.8 Å². The van der Waals surface area contributed by atoms with E-state index < -0.39 is 18.1 Å². The van der Waals surface area contributed by atoms with Gasteiger partial charge in [0.2, 0.25) is 0 Å². The molecular formula is C16H14F2N4O. The van der Waals surface area contributed by atoms with Crippen LogP contribution in [0.25, 0.3) is 5.69 Å². The Morgan fingerprint density at radius 2 is 2.22 bits per heavy atom. The molecule has 1 aromatic heterocycles. The Hall–Kier alpha value is -2.88. The number of nitrogens with zero attached hydrogens (tertiary/aromatic N) is 3. The summed E-state index contributed by atoms with van der Waals surface area (Å²) in [4.78, 5) is 3.81. The molecule has 0 aliphatic carbocycles. The Morgan fingerprint density at radius 3 is 2.96 bits per heavy atom. The number of rotatable bonds is 2. The van der Waals surface area contributed by atoms with E-state index in [9.17, 15) is 8.78 Å². The first-order chi connectivity index (χ1) is 10.9. The van der Waals surface area contributed by atoms with Crippen LogP contribution < -0.4 is 5.73 Å². The fourth-order valence-electron chi connectivity index (χ4n) is 2.37. The molecule has 0 bridgehead atoms. The third-order valence-corrected chi connectivity index (χ3v) is 3.87. The minimum Gasteiger partial charge on any atom is -0.459 e. The maximum absolute atomic E-state index is 14.3. The van der Waals surface area contributed by atoms with Crippen molar-refractivity contribution in [2.45, 2.75) is 18.4 Å². The summed E-state index contributed by atoms with van der Waals surface area (Å²) in [5.74, 6) is -0.686. The van der Waals surface area contributed by atoms with Gasteiger partial charge in [-0.3, -0.25) is 0 Å². The van der Waals surface area contributed by atoms with Crippen LogP contribution in [-0.2, 0) is 10.3 Å². The molecule has 0 amide bonds. The lowest BCUT2D eigenvalue weighted by atomic mass is 9.88. The molecule has 2 aromatic rings. The Labute approximate surface area is 131 Å². The zero-order valence-corrected chi connectivity index (χ0v) is 12.3. The first kappa shape index (κ1) is 15.0. The van der Waals surface area contributed by atoms with E-state index >= 15 is 0 Å². The van der Waals surface area contributed by atoms with Crippen LogP contribution in [0.3, 0.4) is 0 Å². The highest BCUT2D eigenvalue weighted by molar-refractivity contribution is 5.73. The molecule has 2 heterocycles. The van der Waals surface area contributed by atoms with Gasteiger partial charge in [0.15, 0.2) is 12.1 Å². The fourth-order valence-corrected chi connectivity index (χ4v) is 2.37. The van der Waals surface area contributed by atoms with Gasteiger partial charge in [0.1, 0.15) is 0 Å². The van der Waals surface area contributed by atoms with Crippen molar-refractivity contribution in [1.82, 2.24) is 9.78 Å². The molecule has 0 radical (unpaired) electrons. The van der Waals surface area contributed by atoms with E-state index in [-0.39, 0.29) is 11.6 Å². The van der Waals surface area contributed by atoms with E-state index in [4.69, 9.17) is 12.2 Å². The summed E-state index contributed by atoms with van der Waals surface area (Å²) in [5, 5.41) is 4.14. The van der Waals surface area contributed by atoms with Crippen molar-refractivity contribution in [3.63, 3.8) is 0 Å². The van der Waals surface area contributed by atoms with Gasteiger partial charge in [-0.2, -0.15) is 13.9 Å². The molecule has 0 fully saturated rings. The number of nitrogens with two attached hydrogens (primary N) is 1. The van der Waals surface area contributed by atoms with Crippen molar-refractivity contribution >= 4 is 6.02 Å². The van der Waals surface area contributed by atoms with Crippen LogP contribution in [0.1, 0.15) is 18.1 Å². The van der Waals surface area contributed by atoms with Crippen LogP contribution in [0.4, 0.5) is 8.78 Å². The number of halogens is 2. The van der Waals surface area contributed by atoms with Crippen LogP contribution in [0.2, 0.25) is 0 Å². The van der Waals surface area contributed by atoms with Gasteiger partial charge < -0.3 is 10.5 Å². The van der Waals surface area contributed by atoms with Gasteiger partial charge in [0, 0.05) is 17.3 Å². The SMILES string of the molecule is C#Cc1cccc(-n2cc(C3(C)N=C(N)OCC3(F)F)cn2)c1. The predicted octanol–water partition coefficient (Wildman–Crippen LogP) is 2.05. The van der Waals surface area contributed by atoms with E-state index in [1.54, 1.807) is 24.3 Å². The number of amidine groups is 1. The molecule has 0 spiro atoms. The minimum absolute atomic E-state index is 0.236. The van der Waals surface area contributed by atoms with Crippen LogP contribution in [-0.4, -0.2) is 28.3 Å². The van der Waals surface area contributed by atoms with Gasteiger partial charge in [0.25, 0.3) is 6.02 Å². The summed E-state index contributed by atoms with van der Waals surface area (Å²) in [6.07, 6.45) is 8.20. The topological polar surface area (TPSA) is 65.4 Å². The summed E-state index contributed by atoms with van der Waals surface area (Å²) < 4.78 is 34.7. The first-order valence-electron chi connectivity index (χ1n) is 6.84. The highest BCUT2D eigenvalue weighted by atomic mass is 19.3. The Kier molecular flexibility index (Phi) is 3.33. The summed E-state index contributed by atoms with van der Waals surface area (Å²) >= 11 is 0. The van der Waals surface area contributed by atoms with E-state index in [0.29, 0.717) is 11.3 Å². The van der Waals surface area contributed by atoms with Crippen LogP contribution >= 0.6 is 0 Å². The number of alkyl halides is 2. The molecule has 7 heteroatoms. The molecule has 1 aromatic carbocycles. The molecule has 2 N–H and O–H groups in total. The highest BCUT2D eigenvalue weighted by Crippen LogP contribution is 2.43. The maximum Gasteiger partial charge on any atom is 0.310 e. The second-order valence-corrected chi connectivity index (χ2v) is 5.38. The number of ether oxygens (including phenoxy) is 1. The monoisotopic (exact) mass is 316 g/mol. The lowest BCUT2D eigenvalue weighted by Gasteiger charge is -2.36. The largest absolute Gasteiger partial charge is 0.459 e. The van der Waals surface area contributed by atoms with Crippen molar-refractivity contribution in [1.29, 1.82) is 0 Å². The molecule has 1 unspecified atom stereocenters. The van der Waals surface area contributed by atoms with Crippen LogP contribution in [0.5, 0.6) is 0 Å². The molecule has 1 aliphatic rings. The number of aromatic nitrogens is 2. The summed E-state index contributed by atoms with van der Waals surface area (Å²) in [6, 6.07) is 6.79. The highest BCUT2D eigenvalue weighted by Gasteiger charge is 2.55. The molecule has 1 aliphatic heterocycles. The third-order valence-electron chi connectivity index (χ3n) is 3.87. The Morgan fingerprint density at radius 1 is 1.43 bits per heavy atom. The quantitative estimate of drug-likeness (QED) is 0.862. The first-order valence-corrected chi connectivity index (χ1v) is 6.84. The molecule has 118 valence electrons. The van der Waals surface area contributed by atoms with Gasteiger partial charge in [-0.1, -0.05) is 12.0 Å². The fraction of sp³-hybridized carbons (Fsp3) is 0.250. The summed E-state index contributed by atoms with van der Waals surface area (Å²) in [5.41, 5.74) is 5.21. The third kappa shape index (κ3) is 2.42. The van der Waals surface area contributed by atoms with Gasteiger partial charge in [-0.05, 0) is 25.1 Å². The van der Waals surface area contributed by atoms with Crippen molar-refractivity contribution in [3.8, 4) is 18.0 Å². The maximum atomic E-state index is 14.3. The number of benzene rings is 1. The van der Waals surface area contributed by atoms with Gasteiger partial charge in [0.05, 0.1) is 11.9 Å². The predicted molar refractivity (Wildman–Crippen MR) is 81.4 cm³/mol. The molecule has 3 rings (SSSR count). The normalized spacial score (nSPS) is 22.8. The summed E-state index contributed by atoms with van der Waals surface area (Å²) in [6.45, 7) is 0.484. The summed E-state index contributed by atoms with van der Waals surface area (Å²) in [7, 11) is 0. The standard InChI is InChI=1S/C16H14F2N4O/c1-3-11-5-4-6-13(7-11)22-9-12(8-20-22)15(2)16(17,18)10-23-14(19)21-15/h1,4-9H,10H2,2H3,(H2,19,21). The Balaban J connectivity index is 2.04. The zero-order valence-electron chi connectivity index (χ0n) is 12.3. The van der Waals surface area contributed by atoms with E-state index in [1.807, 2.05) is 0 Å². The van der Waals surface area contributed by atoms with E-state index in [0.717, 1.165) is 0 Å². The van der Waals surface area contributed by atoms with Crippen molar-refractivity contribution < 1.29 is 13.5 Å². The lowest BCUT2D eigenvalue weighted by Crippen LogP contribution is -2.50. The van der Waals surface area contributed by atoms with E-state index in [1.165, 1.54) is 24.0 Å². The molecule has 0 saturated carbocycles. The number of hydrogen-bond acceptors (Lipinski definition) is 4. The zero-order chi connectivity index (χ0) is 16.7. The number of hydrogen-bond donors (Lipinski definition) is 1. The van der Waals surface area contributed by atoms with Crippen LogP contribution in [0, 0.1) is 12.3 Å². The molecule has 23 heavy (non-hydrogen) atoms.